The van der Waals surface area contributed by atoms with Gasteiger partial charge in [0.25, 0.3) is 10.0 Å². The molecule has 3 N–H and O–H groups in total. The molecule has 0 saturated carbocycles. The third-order valence-electron chi connectivity index (χ3n) is 3.76. The molecule has 0 aliphatic rings. The molecule has 0 aliphatic carbocycles. The van der Waals surface area contributed by atoms with Crippen LogP contribution in [0.1, 0.15) is 19.9 Å². The fourth-order valence-electron chi connectivity index (χ4n) is 2.28. The first-order valence-electron chi connectivity index (χ1n) is 8.71. The molecule has 0 fully saturated rings. The van der Waals surface area contributed by atoms with E-state index in [0.717, 1.165) is 0 Å². The number of sulfonamides is 1. The van der Waals surface area contributed by atoms with Gasteiger partial charge in [0.05, 0.1) is 6.33 Å². The summed E-state index contributed by atoms with van der Waals surface area (Å²) in [6, 6.07) is 7.38. The highest BCUT2D eigenvalue weighted by molar-refractivity contribution is 7.89. The van der Waals surface area contributed by atoms with Gasteiger partial charge in [0.15, 0.2) is 5.03 Å². The number of nitrogens with one attached hydrogen (secondary N) is 3. The largest absolute Gasteiger partial charge is 0.369 e. The molecule has 3 rings (SSSR count). The Morgan fingerprint density at radius 1 is 1.04 bits per heavy atom. The van der Waals surface area contributed by atoms with Gasteiger partial charge in [-0.1, -0.05) is 6.07 Å². The van der Waals surface area contributed by atoms with Crippen LogP contribution in [-0.2, 0) is 10.0 Å². The minimum absolute atomic E-state index is 0.00471. The topological polar surface area (TPSA) is 127 Å². The Morgan fingerprint density at radius 2 is 1.86 bits per heavy atom. The van der Waals surface area contributed by atoms with Crippen LogP contribution >= 0.6 is 0 Å². The van der Waals surface area contributed by atoms with Crippen LogP contribution in [0.4, 0.5) is 17.5 Å². The minimum atomic E-state index is -3.65. The average Bonchev–Trinajstić information content (AvgIpc) is 3.18. The van der Waals surface area contributed by atoms with E-state index >= 15 is 0 Å². The Morgan fingerprint density at radius 3 is 2.57 bits per heavy atom. The van der Waals surface area contributed by atoms with Crippen molar-refractivity contribution in [3.8, 4) is 0 Å². The van der Waals surface area contributed by atoms with E-state index in [1.54, 1.807) is 16.8 Å². The summed E-state index contributed by atoms with van der Waals surface area (Å²) in [5.41, 5.74) is 0. The van der Waals surface area contributed by atoms with Crippen molar-refractivity contribution in [3.63, 3.8) is 0 Å². The van der Waals surface area contributed by atoms with E-state index in [4.69, 9.17) is 0 Å². The molecular weight excluding hydrogens is 380 g/mol. The summed E-state index contributed by atoms with van der Waals surface area (Å²) in [5.74, 6) is 1.81. The van der Waals surface area contributed by atoms with E-state index in [1.165, 1.54) is 18.9 Å². The molecule has 0 amide bonds. The van der Waals surface area contributed by atoms with Gasteiger partial charge < -0.3 is 15.2 Å². The Labute approximate surface area is 163 Å². The fraction of sp³-hybridized carbons (Fsp3) is 0.294. The summed E-state index contributed by atoms with van der Waals surface area (Å²) in [5, 5.41) is 6.13. The maximum atomic E-state index is 12.3. The van der Waals surface area contributed by atoms with Gasteiger partial charge in [-0.15, -0.1) is 0 Å². The van der Waals surface area contributed by atoms with Crippen LogP contribution < -0.4 is 15.4 Å². The van der Waals surface area contributed by atoms with Crippen LogP contribution in [0.3, 0.4) is 0 Å². The molecule has 148 valence electrons. The normalized spacial score (nSPS) is 11.5. The standard InChI is InChI=1S/C17H22N8O2S/c1-13(2)25-10-17(22-12-25)28(26,27)23-8-7-19-15-9-16(21-11-20-15)24-14-5-3-4-6-18-14/h3-6,9-13,23H,7-8H2,1-2H3,(H2,18,19,20,21,24). The third kappa shape index (κ3) is 5.24. The van der Waals surface area contributed by atoms with Gasteiger partial charge in [0, 0.05) is 37.6 Å². The maximum absolute atomic E-state index is 12.3. The zero-order valence-electron chi connectivity index (χ0n) is 15.6. The minimum Gasteiger partial charge on any atom is -0.369 e. The van der Waals surface area contributed by atoms with Crippen LogP contribution in [0.2, 0.25) is 0 Å². The molecule has 10 nitrogen and oxygen atoms in total. The van der Waals surface area contributed by atoms with E-state index in [2.05, 4.69) is 35.3 Å². The highest BCUT2D eigenvalue weighted by Gasteiger charge is 2.17. The highest BCUT2D eigenvalue weighted by atomic mass is 32.2. The Hall–Kier alpha value is -3.05. The van der Waals surface area contributed by atoms with E-state index in [0.29, 0.717) is 24.0 Å². The third-order valence-corrected chi connectivity index (χ3v) is 5.11. The van der Waals surface area contributed by atoms with Gasteiger partial charge in [-0.2, -0.15) is 0 Å². The second-order valence-corrected chi connectivity index (χ2v) is 7.92. The summed E-state index contributed by atoms with van der Waals surface area (Å²) in [4.78, 5) is 16.4. The zero-order valence-corrected chi connectivity index (χ0v) is 16.4. The van der Waals surface area contributed by atoms with Crippen LogP contribution in [0.5, 0.6) is 0 Å². The molecule has 0 atom stereocenters. The summed E-state index contributed by atoms with van der Waals surface area (Å²) in [6.45, 7) is 4.44. The Kier molecular flexibility index (Phi) is 6.16. The first-order chi connectivity index (χ1) is 13.4. The van der Waals surface area contributed by atoms with E-state index < -0.39 is 10.0 Å². The van der Waals surface area contributed by atoms with E-state index in [9.17, 15) is 8.42 Å². The lowest BCUT2D eigenvalue weighted by molar-refractivity contribution is 0.577. The second-order valence-electron chi connectivity index (χ2n) is 6.21. The van der Waals surface area contributed by atoms with Crippen LogP contribution in [0.15, 0.2) is 54.3 Å². The number of nitrogens with zero attached hydrogens (tertiary/aromatic N) is 5. The predicted molar refractivity (Wildman–Crippen MR) is 106 cm³/mol. The lowest BCUT2D eigenvalue weighted by Gasteiger charge is -2.09. The van der Waals surface area contributed by atoms with Crippen molar-refractivity contribution < 1.29 is 8.42 Å². The lowest BCUT2D eigenvalue weighted by Crippen LogP contribution is -2.29. The molecule has 0 aromatic carbocycles. The van der Waals surface area contributed by atoms with Gasteiger partial charge in [-0.3, -0.25) is 0 Å². The molecule has 3 aromatic rings. The molecule has 0 spiro atoms. The van der Waals surface area contributed by atoms with Crippen LogP contribution in [0.25, 0.3) is 0 Å². The number of aromatic nitrogens is 5. The smallest absolute Gasteiger partial charge is 0.259 e. The number of hydrogen-bond acceptors (Lipinski definition) is 8. The molecule has 0 saturated heterocycles. The van der Waals surface area contributed by atoms with Gasteiger partial charge in [-0.25, -0.2) is 33.1 Å². The first kappa shape index (κ1) is 19.7. The van der Waals surface area contributed by atoms with Gasteiger partial charge in [0.2, 0.25) is 0 Å². The lowest BCUT2D eigenvalue weighted by atomic mass is 10.4. The summed E-state index contributed by atoms with van der Waals surface area (Å²) < 4.78 is 28.8. The SMILES string of the molecule is CC(C)n1cnc(S(=O)(=O)NCCNc2cc(Nc3ccccn3)ncn2)c1. The van der Waals surface area contributed by atoms with E-state index in [-0.39, 0.29) is 17.6 Å². The molecule has 0 bridgehead atoms. The maximum Gasteiger partial charge on any atom is 0.259 e. The second kappa shape index (κ2) is 8.76. The van der Waals surface area contributed by atoms with Gasteiger partial charge in [-0.05, 0) is 26.0 Å². The van der Waals surface area contributed by atoms with Crippen molar-refractivity contribution in [1.82, 2.24) is 29.2 Å². The zero-order chi connectivity index (χ0) is 20.0. The average molecular weight is 402 g/mol. The quantitative estimate of drug-likeness (QED) is 0.462. The fourth-order valence-corrected chi connectivity index (χ4v) is 3.24. The van der Waals surface area contributed by atoms with Gasteiger partial charge >= 0.3 is 0 Å². The summed E-state index contributed by atoms with van der Waals surface area (Å²) >= 11 is 0. The van der Waals surface area contributed by atoms with Gasteiger partial charge in [0.1, 0.15) is 23.8 Å². The number of hydrogen-bond donors (Lipinski definition) is 3. The van der Waals surface area contributed by atoms with Crippen molar-refractivity contribution in [2.75, 3.05) is 23.7 Å². The summed E-state index contributed by atoms with van der Waals surface area (Å²) in [7, 11) is -3.65. The highest BCUT2D eigenvalue weighted by Crippen LogP contribution is 2.13. The number of imidazole rings is 1. The number of pyridine rings is 1. The molecule has 3 heterocycles. The molecule has 28 heavy (non-hydrogen) atoms. The van der Waals surface area contributed by atoms with Crippen molar-refractivity contribution in [1.29, 1.82) is 0 Å². The molecular formula is C17H22N8O2S. The molecule has 0 aliphatic heterocycles. The van der Waals surface area contributed by atoms with Crippen molar-refractivity contribution in [2.45, 2.75) is 24.9 Å². The van der Waals surface area contributed by atoms with Crippen LogP contribution in [0, 0.1) is 0 Å². The number of rotatable bonds is 9. The molecule has 0 unspecified atom stereocenters. The predicted octanol–water partition coefficient (Wildman–Crippen LogP) is 1.78. The Bertz CT molecular complexity index is 1000. The Balaban J connectivity index is 1.51. The van der Waals surface area contributed by atoms with E-state index in [1.807, 2.05) is 32.0 Å². The van der Waals surface area contributed by atoms with Crippen molar-refractivity contribution in [3.05, 3.63) is 49.3 Å². The van der Waals surface area contributed by atoms with Crippen LogP contribution in [-0.4, -0.2) is 46.0 Å². The van der Waals surface area contributed by atoms with Crippen molar-refractivity contribution >= 4 is 27.5 Å². The molecule has 0 radical (unpaired) electrons. The summed E-state index contributed by atoms with van der Waals surface area (Å²) in [6.07, 6.45) is 6.12. The number of anilines is 3. The molecule has 11 heteroatoms. The monoisotopic (exact) mass is 402 g/mol. The first-order valence-corrected chi connectivity index (χ1v) is 10.2. The van der Waals surface area contributed by atoms with Crippen molar-refractivity contribution in [2.24, 2.45) is 0 Å². The molecule has 3 aromatic heterocycles.